The van der Waals surface area contributed by atoms with Crippen LogP contribution in [0.15, 0.2) is 114 Å². The lowest BCUT2D eigenvalue weighted by Gasteiger charge is -2.37. The van der Waals surface area contributed by atoms with E-state index in [1.54, 1.807) is 21.3 Å². The van der Waals surface area contributed by atoms with Gasteiger partial charge in [0, 0.05) is 10.9 Å². The summed E-state index contributed by atoms with van der Waals surface area (Å²) in [7, 11) is 1.75. The quantitative estimate of drug-likeness (QED) is 0.217. The molecule has 1 N–H and O–H groups in total. The van der Waals surface area contributed by atoms with Gasteiger partial charge in [-0.1, -0.05) is 91.0 Å². The molecule has 0 spiro atoms. The van der Waals surface area contributed by atoms with E-state index in [1.165, 1.54) is 0 Å². The Morgan fingerprint density at radius 1 is 0.700 bits per heavy atom. The Bertz CT molecular complexity index is 1830. The molecule has 6 rings (SSSR count). The Balaban J connectivity index is 1.39. The SMILES string of the molecule is CC(C)(O)C(C)(C)O[B]c1ccccc1-c1ccccc1-c1cccc(-c2nc3ccc4ccccc4c3o2)c1. The summed E-state index contributed by atoms with van der Waals surface area (Å²) >= 11 is 0. The molecule has 40 heavy (non-hydrogen) atoms. The van der Waals surface area contributed by atoms with Crippen molar-refractivity contribution < 1.29 is 14.2 Å². The molecule has 1 radical (unpaired) electrons. The van der Waals surface area contributed by atoms with Crippen LogP contribution in [-0.2, 0) is 4.65 Å². The molecule has 0 atom stereocenters. The largest absolute Gasteiger partial charge is 0.435 e. The molecule has 0 fully saturated rings. The third-order valence-electron chi connectivity index (χ3n) is 7.83. The molecule has 5 aromatic carbocycles. The molecule has 0 amide bonds. The van der Waals surface area contributed by atoms with Crippen molar-refractivity contribution in [2.24, 2.45) is 0 Å². The molecule has 197 valence electrons. The van der Waals surface area contributed by atoms with Crippen LogP contribution >= 0.6 is 0 Å². The van der Waals surface area contributed by atoms with Crippen molar-refractivity contribution in [2.75, 3.05) is 0 Å². The molecule has 4 nitrogen and oxygen atoms in total. The maximum Gasteiger partial charge on any atom is 0.331 e. The van der Waals surface area contributed by atoms with Gasteiger partial charge in [0.2, 0.25) is 5.89 Å². The number of oxazole rings is 1. The van der Waals surface area contributed by atoms with Gasteiger partial charge in [0.25, 0.3) is 0 Å². The molecule has 0 unspecified atom stereocenters. The van der Waals surface area contributed by atoms with E-state index < -0.39 is 11.2 Å². The number of fused-ring (bicyclic) bond motifs is 3. The highest BCUT2D eigenvalue weighted by atomic mass is 16.5. The number of nitrogens with zero attached hydrogens (tertiary/aromatic N) is 1. The van der Waals surface area contributed by atoms with Gasteiger partial charge in [0.05, 0.1) is 11.2 Å². The van der Waals surface area contributed by atoms with E-state index >= 15 is 0 Å². The fourth-order valence-corrected chi connectivity index (χ4v) is 4.77. The maximum atomic E-state index is 10.6. The maximum absolute atomic E-state index is 10.6. The van der Waals surface area contributed by atoms with Gasteiger partial charge >= 0.3 is 7.48 Å². The van der Waals surface area contributed by atoms with Gasteiger partial charge in [0.1, 0.15) is 5.52 Å². The zero-order valence-corrected chi connectivity index (χ0v) is 23.2. The smallest absolute Gasteiger partial charge is 0.331 e. The summed E-state index contributed by atoms with van der Waals surface area (Å²) in [4.78, 5) is 4.82. The number of rotatable bonds is 7. The molecule has 5 heteroatoms. The molecule has 0 aliphatic heterocycles. The van der Waals surface area contributed by atoms with Gasteiger partial charge in [-0.15, -0.1) is 0 Å². The highest BCUT2D eigenvalue weighted by Crippen LogP contribution is 2.35. The number of aromatic nitrogens is 1. The zero-order valence-electron chi connectivity index (χ0n) is 23.2. The predicted octanol–water partition coefficient (Wildman–Crippen LogP) is 7.79. The van der Waals surface area contributed by atoms with Gasteiger partial charge < -0.3 is 14.2 Å². The summed E-state index contributed by atoms with van der Waals surface area (Å²) in [5.41, 5.74) is 6.02. The highest BCUT2D eigenvalue weighted by Gasteiger charge is 2.36. The Morgan fingerprint density at radius 2 is 1.38 bits per heavy atom. The fraction of sp³-hybridized carbons (Fsp3) is 0.171. The van der Waals surface area contributed by atoms with Gasteiger partial charge in [-0.05, 0) is 79.0 Å². The van der Waals surface area contributed by atoms with Crippen molar-refractivity contribution in [1.82, 2.24) is 4.98 Å². The zero-order chi connectivity index (χ0) is 27.9. The van der Waals surface area contributed by atoms with Crippen LogP contribution < -0.4 is 5.46 Å². The van der Waals surface area contributed by atoms with E-state index in [-0.39, 0.29) is 0 Å². The van der Waals surface area contributed by atoms with Crippen LogP contribution in [0, 0.1) is 0 Å². The first-order valence-corrected chi connectivity index (χ1v) is 13.5. The second kappa shape index (κ2) is 10.1. The molecular formula is C35H31BNO3. The first-order chi connectivity index (χ1) is 19.2. The van der Waals surface area contributed by atoms with E-state index in [4.69, 9.17) is 14.1 Å². The second-order valence-electron chi connectivity index (χ2n) is 11.2. The first kappa shape index (κ1) is 26.1. The van der Waals surface area contributed by atoms with E-state index in [0.717, 1.165) is 55.2 Å². The van der Waals surface area contributed by atoms with Gasteiger partial charge in [-0.2, -0.15) is 0 Å². The van der Waals surface area contributed by atoms with Gasteiger partial charge in [-0.3, -0.25) is 0 Å². The second-order valence-corrected chi connectivity index (χ2v) is 11.2. The third kappa shape index (κ3) is 4.83. The Hall–Kier alpha value is -4.19. The average molecular weight is 524 g/mol. The van der Waals surface area contributed by atoms with Crippen LogP contribution in [0.25, 0.3) is 55.6 Å². The number of benzene rings is 5. The van der Waals surface area contributed by atoms with Crippen LogP contribution in [0.4, 0.5) is 0 Å². The summed E-state index contributed by atoms with van der Waals surface area (Å²) < 4.78 is 12.5. The molecule has 0 saturated heterocycles. The minimum Gasteiger partial charge on any atom is -0.435 e. The van der Waals surface area contributed by atoms with Crippen LogP contribution in [0.2, 0.25) is 0 Å². The van der Waals surface area contributed by atoms with Gasteiger partial charge in [0.15, 0.2) is 5.58 Å². The Morgan fingerprint density at radius 3 is 2.17 bits per heavy atom. The predicted molar refractivity (Wildman–Crippen MR) is 165 cm³/mol. The van der Waals surface area contributed by atoms with Crippen LogP contribution in [0.3, 0.4) is 0 Å². The van der Waals surface area contributed by atoms with Crippen molar-refractivity contribution in [3.05, 3.63) is 109 Å². The van der Waals surface area contributed by atoms with E-state index in [1.807, 2.05) is 68.4 Å². The van der Waals surface area contributed by atoms with Crippen molar-refractivity contribution in [1.29, 1.82) is 0 Å². The first-order valence-electron chi connectivity index (χ1n) is 13.5. The lowest BCUT2D eigenvalue weighted by atomic mass is 9.78. The van der Waals surface area contributed by atoms with Crippen molar-refractivity contribution >= 4 is 34.8 Å². The molecule has 0 bridgehead atoms. The normalized spacial score (nSPS) is 12.2. The molecule has 0 saturated carbocycles. The molecular weight excluding hydrogens is 493 g/mol. The summed E-state index contributed by atoms with van der Waals surface area (Å²) in [6.07, 6.45) is 0. The number of hydrogen-bond donors (Lipinski definition) is 1. The highest BCUT2D eigenvalue weighted by molar-refractivity contribution is 6.49. The standard InChI is InChI=1S/C35H31BNO3/c1-34(2,38)35(3,4)40-36-30-19-10-9-18-29(30)28-17-8-7-15-26(28)24-13-11-14-25(22-24)33-37-31-21-20-23-12-5-6-16-27(23)32(31)39-33/h5-22,38H,1-4H3. The third-order valence-corrected chi connectivity index (χ3v) is 7.83. The molecule has 6 aromatic rings. The summed E-state index contributed by atoms with van der Waals surface area (Å²) in [5, 5.41) is 12.8. The minimum absolute atomic E-state index is 0.599. The average Bonchev–Trinajstić information content (AvgIpc) is 3.41. The van der Waals surface area contributed by atoms with Crippen molar-refractivity contribution in [3.63, 3.8) is 0 Å². The lowest BCUT2D eigenvalue weighted by molar-refractivity contribution is -0.0893. The lowest BCUT2D eigenvalue weighted by Crippen LogP contribution is -2.49. The van der Waals surface area contributed by atoms with Crippen LogP contribution in [0.1, 0.15) is 27.7 Å². The summed E-state index contributed by atoms with van der Waals surface area (Å²) in [6, 6.07) is 37.1. The van der Waals surface area contributed by atoms with Crippen molar-refractivity contribution in [2.45, 2.75) is 38.9 Å². The Labute approximate surface area is 235 Å². The Kier molecular flexibility index (Phi) is 6.57. The van der Waals surface area contributed by atoms with Crippen LogP contribution in [0.5, 0.6) is 0 Å². The van der Waals surface area contributed by atoms with E-state index in [2.05, 4.69) is 54.6 Å². The topological polar surface area (TPSA) is 55.5 Å². The summed E-state index contributed by atoms with van der Waals surface area (Å²) in [6.45, 7) is 7.30. The van der Waals surface area contributed by atoms with E-state index in [9.17, 15) is 5.11 Å². The number of aliphatic hydroxyl groups is 1. The number of hydrogen-bond acceptors (Lipinski definition) is 4. The van der Waals surface area contributed by atoms with Crippen LogP contribution in [-0.4, -0.2) is 28.8 Å². The molecule has 1 aromatic heterocycles. The minimum atomic E-state index is -1.01. The molecule has 0 aliphatic rings. The monoisotopic (exact) mass is 524 g/mol. The summed E-state index contributed by atoms with van der Waals surface area (Å²) in [5.74, 6) is 0.599. The fourth-order valence-electron chi connectivity index (χ4n) is 4.77. The molecule has 0 aliphatic carbocycles. The van der Waals surface area contributed by atoms with Gasteiger partial charge in [-0.25, -0.2) is 4.98 Å². The van der Waals surface area contributed by atoms with E-state index in [0.29, 0.717) is 5.89 Å². The van der Waals surface area contributed by atoms with Crippen molar-refractivity contribution in [3.8, 4) is 33.7 Å². The molecule has 1 heterocycles.